The summed E-state index contributed by atoms with van der Waals surface area (Å²) in [5.41, 5.74) is 12.6. The molecule has 1 aromatic heterocycles. The van der Waals surface area contributed by atoms with Crippen molar-refractivity contribution in [3.05, 3.63) is 89.6 Å². The summed E-state index contributed by atoms with van der Waals surface area (Å²) in [4.78, 5) is 13.3. The summed E-state index contributed by atoms with van der Waals surface area (Å²) in [5, 5.41) is 0.951. The van der Waals surface area contributed by atoms with E-state index in [2.05, 4.69) is 61.7 Å². The molecule has 0 spiro atoms. The number of carbonyl (C=O) groups is 1. The third-order valence-corrected chi connectivity index (χ3v) is 5.78. The molecule has 164 valence electrons. The molecule has 0 unspecified atom stereocenters. The maximum atomic E-state index is 13.3. The van der Waals surface area contributed by atoms with Crippen molar-refractivity contribution in [3.8, 4) is 11.1 Å². The highest BCUT2D eigenvalue weighted by Gasteiger charge is 2.25. The van der Waals surface area contributed by atoms with Crippen LogP contribution >= 0.6 is 0 Å². The van der Waals surface area contributed by atoms with Crippen molar-refractivity contribution in [1.29, 1.82) is 0 Å². The van der Waals surface area contributed by atoms with Gasteiger partial charge in [0.05, 0.1) is 6.61 Å². The predicted molar refractivity (Wildman–Crippen MR) is 132 cm³/mol. The van der Waals surface area contributed by atoms with Crippen molar-refractivity contribution in [2.24, 2.45) is 0 Å². The van der Waals surface area contributed by atoms with Crippen LogP contribution in [0.4, 0.5) is 5.69 Å². The van der Waals surface area contributed by atoms with Gasteiger partial charge >= 0.3 is 5.97 Å². The SMILES string of the molecule is CCOC(=O)c1c(-c2ccc(C(C)(C)C)cc2)c2cc(N)ccc2n1Cc1ccccc1. The average molecular weight is 427 g/mol. The molecule has 3 aromatic carbocycles. The Balaban J connectivity index is 1.99. The molecule has 0 saturated carbocycles. The van der Waals surface area contributed by atoms with Gasteiger partial charge in [-0.2, -0.15) is 0 Å². The number of benzene rings is 3. The van der Waals surface area contributed by atoms with Crippen LogP contribution in [0.1, 0.15) is 49.3 Å². The summed E-state index contributed by atoms with van der Waals surface area (Å²) in [7, 11) is 0. The van der Waals surface area contributed by atoms with Gasteiger partial charge in [0.1, 0.15) is 5.69 Å². The second-order valence-corrected chi connectivity index (χ2v) is 9.12. The van der Waals surface area contributed by atoms with E-state index in [-0.39, 0.29) is 11.4 Å². The lowest BCUT2D eigenvalue weighted by Crippen LogP contribution is -2.14. The Kier molecular flexibility index (Phi) is 5.79. The molecule has 0 saturated heterocycles. The first-order valence-corrected chi connectivity index (χ1v) is 11.0. The monoisotopic (exact) mass is 426 g/mol. The van der Waals surface area contributed by atoms with Crippen LogP contribution in [0.15, 0.2) is 72.8 Å². The van der Waals surface area contributed by atoms with Crippen molar-refractivity contribution in [2.75, 3.05) is 12.3 Å². The van der Waals surface area contributed by atoms with Crippen LogP contribution in [0.25, 0.3) is 22.0 Å². The number of aromatic nitrogens is 1. The molecule has 0 aliphatic carbocycles. The van der Waals surface area contributed by atoms with Gasteiger partial charge < -0.3 is 15.0 Å². The maximum Gasteiger partial charge on any atom is 0.355 e. The molecule has 0 bridgehead atoms. The molecule has 0 aliphatic rings. The van der Waals surface area contributed by atoms with Gasteiger partial charge in [0.2, 0.25) is 0 Å². The second-order valence-electron chi connectivity index (χ2n) is 9.12. The first-order valence-electron chi connectivity index (χ1n) is 11.0. The molecule has 4 rings (SSSR count). The second kappa shape index (κ2) is 8.54. The van der Waals surface area contributed by atoms with E-state index in [9.17, 15) is 4.79 Å². The minimum atomic E-state index is -0.326. The number of nitrogen functional groups attached to an aromatic ring is 1. The van der Waals surface area contributed by atoms with E-state index in [0.717, 1.165) is 27.6 Å². The minimum Gasteiger partial charge on any atom is -0.461 e. The first-order chi connectivity index (χ1) is 15.3. The van der Waals surface area contributed by atoms with Crippen LogP contribution in [-0.4, -0.2) is 17.1 Å². The average Bonchev–Trinajstić information content (AvgIpc) is 3.07. The van der Waals surface area contributed by atoms with Gasteiger partial charge in [0, 0.05) is 28.7 Å². The third kappa shape index (κ3) is 4.13. The van der Waals surface area contributed by atoms with Crippen LogP contribution in [0, 0.1) is 0 Å². The quantitative estimate of drug-likeness (QED) is 0.296. The molecule has 0 amide bonds. The van der Waals surface area contributed by atoms with Crippen LogP contribution in [0.3, 0.4) is 0 Å². The van der Waals surface area contributed by atoms with E-state index in [1.165, 1.54) is 5.56 Å². The van der Waals surface area contributed by atoms with Crippen molar-refractivity contribution >= 4 is 22.6 Å². The Labute approximate surface area is 189 Å². The van der Waals surface area contributed by atoms with Gasteiger partial charge in [-0.1, -0.05) is 75.4 Å². The van der Waals surface area contributed by atoms with Crippen LogP contribution in [-0.2, 0) is 16.7 Å². The van der Waals surface area contributed by atoms with E-state index in [0.29, 0.717) is 24.5 Å². The normalized spacial score (nSPS) is 11.6. The number of carbonyl (C=O) groups excluding carboxylic acids is 1. The van der Waals surface area contributed by atoms with Gasteiger partial charge in [-0.25, -0.2) is 4.79 Å². The van der Waals surface area contributed by atoms with E-state index in [1.807, 2.05) is 43.3 Å². The lowest BCUT2D eigenvalue weighted by molar-refractivity contribution is 0.0516. The van der Waals surface area contributed by atoms with Gasteiger partial charge in [-0.3, -0.25) is 0 Å². The number of esters is 1. The van der Waals surface area contributed by atoms with Gasteiger partial charge in [-0.15, -0.1) is 0 Å². The highest BCUT2D eigenvalue weighted by molar-refractivity contribution is 6.09. The molecule has 0 aliphatic heterocycles. The molecule has 4 heteroatoms. The summed E-state index contributed by atoms with van der Waals surface area (Å²) in [6.07, 6.45) is 0. The predicted octanol–water partition coefficient (Wildman–Crippen LogP) is 6.41. The fourth-order valence-corrected chi connectivity index (χ4v) is 4.14. The minimum absolute atomic E-state index is 0.0498. The van der Waals surface area contributed by atoms with Crippen LogP contribution in [0.2, 0.25) is 0 Å². The number of rotatable bonds is 5. The fourth-order valence-electron chi connectivity index (χ4n) is 4.14. The van der Waals surface area contributed by atoms with E-state index in [1.54, 1.807) is 0 Å². The van der Waals surface area contributed by atoms with Crippen molar-refractivity contribution in [1.82, 2.24) is 4.57 Å². The Morgan fingerprint density at radius 1 is 0.969 bits per heavy atom. The smallest absolute Gasteiger partial charge is 0.355 e. The summed E-state index contributed by atoms with van der Waals surface area (Å²) in [6, 6.07) is 24.4. The lowest BCUT2D eigenvalue weighted by Gasteiger charge is -2.19. The zero-order valence-electron chi connectivity index (χ0n) is 19.2. The third-order valence-electron chi connectivity index (χ3n) is 5.78. The molecule has 0 atom stereocenters. The van der Waals surface area contributed by atoms with E-state index < -0.39 is 0 Å². The molecule has 0 radical (unpaired) electrons. The summed E-state index contributed by atoms with van der Waals surface area (Å²) >= 11 is 0. The zero-order chi connectivity index (χ0) is 22.9. The van der Waals surface area contributed by atoms with Crippen molar-refractivity contribution in [3.63, 3.8) is 0 Å². The number of nitrogens with two attached hydrogens (primary N) is 1. The molecule has 0 fully saturated rings. The zero-order valence-corrected chi connectivity index (χ0v) is 19.2. The number of hydrogen-bond donors (Lipinski definition) is 1. The molecular weight excluding hydrogens is 396 g/mol. The Bertz CT molecular complexity index is 1250. The highest BCUT2D eigenvalue weighted by Crippen LogP contribution is 2.38. The molecule has 4 aromatic rings. The topological polar surface area (TPSA) is 57.2 Å². The molecule has 4 nitrogen and oxygen atoms in total. The largest absolute Gasteiger partial charge is 0.461 e. The summed E-state index contributed by atoms with van der Waals surface area (Å²) in [5.74, 6) is -0.326. The van der Waals surface area contributed by atoms with Crippen LogP contribution < -0.4 is 5.73 Å². The Morgan fingerprint density at radius 2 is 1.66 bits per heavy atom. The molecule has 32 heavy (non-hydrogen) atoms. The number of nitrogens with zero attached hydrogens (tertiary/aromatic N) is 1. The van der Waals surface area contributed by atoms with E-state index in [4.69, 9.17) is 10.5 Å². The highest BCUT2D eigenvalue weighted by atomic mass is 16.5. The maximum absolute atomic E-state index is 13.3. The van der Waals surface area contributed by atoms with Gasteiger partial charge in [0.25, 0.3) is 0 Å². The summed E-state index contributed by atoms with van der Waals surface area (Å²) in [6.45, 7) is 9.29. The van der Waals surface area contributed by atoms with Crippen molar-refractivity contribution in [2.45, 2.75) is 39.7 Å². The van der Waals surface area contributed by atoms with Gasteiger partial charge in [0.15, 0.2) is 0 Å². The fraction of sp³-hybridized carbons (Fsp3) is 0.250. The molecule has 2 N–H and O–H groups in total. The molecular formula is C28H30N2O2. The molecule has 1 heterocycles. The Hall–Kier alpha value is -3.53. The number of ether oxygens (including phenoxy) is 1. The lowest BCUT2D eigenvalue weighted by atomic mass is 9.86. The van der Waals surface area contributed by atoms with Crippen LogP contribution in [0.5, 0.6) is 0 Å². The van der Waals surface area contributed by atoms with E-state index >= 15 is 0 Å². The number of anilines is 1. The van der Waals surface area contributed by atoms with Crippen molar-refractivity contribution < 1.29 is 9.53 Å². The number of hydrogen-bond acceptors (Lipinski definition) is 3. The first kappa shape index (κ1) is 21.7. The number of fused-ring (bicyclic) bond motifs is 1. The van der Waals surface area contributed by atoms with Gasteiger partial charge in [-0.05, 0) is 47.2 Å². The standard InChI is InChI=1S/C28H30N2O2/c1-5-32-27(31)26-25(20-11-13-21(14-12-20)28(2,3)4)23-17-22(29)15-16-24(23)30(26)18-19-9-7-6-8-10-19/h6-17H,5,18,29H2,1-4H3. The summed E-state index contributed by atoms with van der Waals surface area (Å²) < 4.78 is 7.57. The Morgan fingerprint density at radius 3 is 2.28 bits per heavy atom.